The lowest BCUT2D eigenvalue weighted by Crippen LogP contribution is -2.43. The maximum Gasteiger partial charge on any atom is 0.227 e. The van der Waals surface area contributed by atoms with E-state index in [2.05, 4.69) is 15.5 Å². The highest BCUT2D eigenvalue weighted by Crippen LogP contribution is 2.28. The summed E-state index contributed by atoms with van der Waals surface area (Å²) >= 11 is 5.92. The molecule has 1 amide bonds. The normalized spacial score (nSPS) is 22.2. The van der Waals surface area contributed by atoms with E-state index in [1.54, 1.807) is 12.1 Å². The van der Waals surface area contributed by atoms with E-state index < -0.39 is 0 Å². The SMILES string of the molecule is Cl.O=C(Nc1cc(Cl)ccc1O)C1CCN(CC2CCCNC2)CC1. The van der Waals surface area contributed by atoms with Crippen LogP contribution in [0.15, 0.2) is 18.2 Å². The quantitative estimate of drug-likeness (QED) is 0.694. The Morgan fingerprint density at radius 3 is 2.76 bits per heavy atom. The summed E-state index contributed by atoms with van der Waals surface area (Å²) in [6.45, 7) is 5.34. The molecule has 25 heavy (non-hydrogen) atoms. The first kappa shape index (κ1) is 20.3. The van der Waals surface area contributed by atoms with Gasteiger partial charge in [-0.1, -0.05) is 11.6 Å². The minimum Gasteiger partial charge on any atom is -0.506 e. The second kappa shape index (κ2) is 9.62. The van der Waals surface area contributed by atoms with Gasteiger partial charge in [0.05, 0.1) is 5.69 Å². The van der Waals surface area contributed by atoms with Crippen molar-refractivity contribution >= 4 is 35.6 Å². The van der Waals surface area contributed by atoms with Gasteiger partial charge in [0.2, 0.25) is 5.91 Å². The second-order valence-electron chi connectivity index (χ2n) is 6.94. The maximum atomic E-state index is 12.4. The topological polar surface area (TPSA) is 64.6 Å². The zero-order chi connectivity index (χ0) is 16.9. The molecular weight excluding hydrogens is 361 g/mol. The predicted molar refractivity (Wildman–Crippen MR) is 104 cm³/mol. The number of phenolic OH excluding ortho intramolecular Hbond substituents is 1. The Bertz CT molecular complexity index is 571. The summed E-state index contributed by atoms with van der Waals surface area (Å²) < 4.78 is 0. The third kappa shape index (κ3) is 5.74. The molecule has 1 aromatic rings. The molecule has 7 heteroatoms. The van der Waals surface area contributed by atoms with E-state index in [1.165, 1.54) is 18.9 Å². The minimum absolute atomic E-state index is 0. The number of halogens is 2. The van der Waals surface area contributed by atoms with Crippen molar-refractivity contribution in [2.24, 2.45) is 11.8 Å². The van der Waals surface area contributed by atoms with Crippen LogP contribution in [0.1, 0.15) is 25.7 Å². The smallest absolute Gasteiger partial charge is 0.227 e. The number of anilines is 1. The third-order valence-electron chi connectivity index (χ3n) is 5.09. The summed E-state index contributed by atoms with van der Waals surface area (Å²) in [6.07, 6.45) is 4.31. The molecule has 3 N–H and O–H groups in total. The molecule has 0 spiro atoms. The van der Waals surface area contributed by atoms with Gasteiger partial charge in [-0.25, -0.2) is 0 Å². The third-order valence-corrected chi connectivity index (χ3v) is 5.33. The molecule has 0 saturated carbocycles. The van der Waals surface area contributed by atoms with Crippen LogP contribution in [-0.2, 0) is 4.79 Å². The molecule has 1 unspecified atom stereocenters. The van der Waals surface area contributed by atoms with Gasteiger partial charge >= 0.3 is 0 Å². The molecule has 1 aromatic carbocycles. The number of nitrogens with one attached hydrogen (secondary N) is 2. The number of rotatable bonds is 4. The van der Waals surface area contributed by atoms with Gasteiger partial charge in [0.15, 0.2) is 0 Å². The molecule has 0 aliphatic carbocycles. The van der Waals surface area contributed by atoms with Crippen LogP contribution in [-0.4, -0.2) is 48.6 Å². The fraction of sp³-hybridized carbons (Fsp3) is 0.611. The van der Waals surface area contributed by atoms with Crippen LogP contribution in [0, 0.1) is 11.8 Å². The van der Waals surface area contributed by atoms with Gasteiger partial charge < -0.3 is 20.6 Å². The second-order valence-corrected chi connectivity index (χ2v) is 7.37. The number of carbonyl (C=O) groups is 1. The average Bonchev–Trinajstić information content (AvgIpc) is 2.60. The molecule has 2 fully saturated rings. The number of benzene rings is 1. The van der Waals surface area contributed by atoms with Crippen molar-refractivity contribution in [3.8, 4) is 5.75 Å². The van der Waals surface area contributed by atoms with Gasteiger partial charge in [0, 0.05) is 17.5 Å². The molecule has 2 aliphatic heterocycles. The van der Waals surface area contributed by atoms with Crippen LogP contribution in [0.3, 0.4) is 0 Å². The molecule has 1 atom stereocenters. The zero-order valence-corrected chi connectivity index (χ0v) is 15.9. The van der Waals surface area contributed by atoms with Gasteiger partial charge in [0.25, 0.3) is 0 Å². The minimum atomic E-state index is -0.0217. The summed E-state index contributed by atoms with van der Waals surface area (Å²) in [6, 6.07) is 4.68. The van der Waals surface area contributed by atoms with Crippen molar-refractivity contribution < 1.29 is 9.90 Å². The van der Waals surface area contributed by atoms with E-state index in [0.717, 1.165) is 51.5 Å². The monoisotopic (exact) mass is 387 g/mol. The highest BCUT2D eigenvalue weighted by atomic mass is 35.5. The lowest BCUT2D eigenvalue weighted by atomic mass is 9.93. The summed E-state index contributed by atoms with van der Waals surface area (Å²) in [5.41, 5.74) is 0.392. The molecular formula is C18H27Cl2N3O2. The van der Waals surface area contributed by atoms with Crippen molar-refractivity contribution in [2.45, 2.75) is 25.7 Å². The fourth-order valence-corrected chi connectivity index (χ4v) is 3.84. The number of hydrogen-bond donors (Lipinski definition) is 3. The van der Waals surface area contributed by atoms with Crippen molar-refractivity contribution in [3.05, 3.63) is 23.2 Å². The van der Waals surface area contributed by atoms with E-state index in [9.17, 15) is 9.90 Å². The van der Waals surface area contributed by atoms with E-state index in [1.807, 2.05) is 0 Å². The van der Waals surface area contributed by atoms with Crippen molar-refractivity contribution in [3.63, 3.8) is 0 Å². The van der Waals surface area contributed by atoms with Gasteiger partial charge in [-0.2, -0.15) is 0 Å². The first-order valence-corrected chi connectivity index (χ1v) is 9.22. The standard InChI is InChI=1S/C18H26ClN3O2.ClH/c19-15-3-4-17(23)16(10-15)21-18(24)14-5-8-22(9-6-14)12-13-2-1-7-20-11-13;/h3-4,10,13-14,20,23H,1-2,5-9,11-12H2,(H,21,24);1H. The molecule has 5 nitrogen and oxygen atoms in total. The lowest BCUT2D eigenvalue weighted by molar-refractivity contribution is -0.121. The van der Waals surface area contributed by atoms with Gasteiger partial charge in [-0.3, -0.25) is 4.79 Å². The molecule has 3 rings (SSSR count). The number of piperidine rings is 2. The Kier molecular flexibility index (Phi) is 7.81. The Labute approximate surface area is 160 Å². The molecule has 140 valence electrons. The number of amides is 1. The number of nitrogens with zero attached hydrogens (tertiary/aromatic N) is 1. The highest BCUT2D eigenvalue weighted by molar-refractivity contribution is 6.31. The Morgan fingerprint density at radius 2 is 2.08 bits per heavy atom. The van der Waals surface area contributed by atoms with Crippen LogP contribution in [0.25, 0.3) is 0 Å². The van der Waals surface area contributed by atoms with E-state index >= 15 is 0 Å². The van der Waals surface area contributed by atoms with Gasteiger partial charge in [-0.15, -0.1) is 12.4 Å². The maximum absolute atomic E-state index is 12.4. The van der Waals surface area contributed by atoms with Gasteiger partial charge in [-0.05, 0) is 76.0 Å². The van der Waals surface area contributed by atoms with Crippen LogP contribution < -0.4 is 10.6 Å². The number of carbonyl (C=O) groups excluding carboxylic acids is 1. The number of phenols is 1. The summed E-state index contributed by atoms with van der Waals surface area (Å²) in [4.78, 5) is 14.9. The molecule has 0 bridgehead atoms. The number of aromatic hydroxyl groups is 1. The summed E-state index contributed by atoms with van der Waals surface area (Å²) in [7, 11) is 0. The molecule has 2 saturated heterocycles. The largest absolute Gasteiger partial charge is 0.506 e. The number of hydrogen-bond acceptors (Lipinski definition) is 4. The van der Waals surface area contributed by atoms with Crippen molar-refractivity contribution in [1.82, 2.24) is 10.2 Å². The first-order chi connectivity index (χ1) is 11.6. The predicted octanol–water partition coefficient (Wildman–Crippen LogP) is 3.12. The first-order valence-electron chi connectivity index (χ1n) is 8.84. The molecule has 2 heterocycles. The van der Waals surface area contributed by atoms with E-state index in [4.69, 9.17) is 11.6 Å². The van der Waals surface area contributed by atoms with Crippen LogP contribution >= 0.6 is 24.0 Å². The average molecular weight is 388 g/mol. The van der Waals surface area contributed by atoms with Gasteiger partial charge in [0.1, 0.15) is 5.75 Å². The highest BCUT2D eigenvalue weighted by Gasteiger charge is 2.27. The number of likely N-dealkylation sites (tertiary alicyclic amines) is 1. The summed E-state index contributed by atoms with van der Waals surface area (Å²) in [5.74, 6) is 0.776. The van der Waals surface area contributed by atoms with Crippen LogP contribution in [0.4, 0.5) is 5.69 Å². The molecule has 0 radical (unpaired) electrons. The lowest BCUT2D eigenvalue weighted by Gasteiger charge is -2.35. The van der Waals surface area contributed by atoms with E-state index in [-0.39, 0.29) is 30.0 Å². The van der Waals surface area contributed by atoms with Crippen LogP contribution in [0.5, 0.6) is 5.75 Å². The molecule has 2 aliphatic rings. The Morgan fingerprint density at radius 1 is 1.32 bits per heavy atom. The van der Waals surface area contributed by atoms with Crippen molar-refractivity contribution in [2.75, 3.05) is 38.0 Å². The Hall–Kier alpha value is -1.01. The Balaban J connectivity index is 0.00000225. The van der Waals surface area contributed by atoms with E-state index in [0.29, 0.717) is 10.7 Å². The zero-order valence-electron chi connectivity index (χ0n) is 14.3. The molecule has 0 aromatic heterocycles. The van der Waals surface area contributed by atoms with Crippen LogP contribution in [0.2, 0.25) is 5.02 Å². The fourth-order valence-electron chi connectivity index (χ4n) is 3.67. The summed E-state index contributed by atoms with van der Waals surface area (Å²) in [5, 5.41) is 16.6. The van der Waals surface area contributed by atoms with Crippen molar-refractivity contribution in [1.29, 1.82) is 0 Å².